The fourth-order valence-electron chi connectivity index (χ4n) is 6.35. The molecule has 1 amide bonds. The van der Waals surface area contributed by atoms with E-state index in [1.807, 2.05) is 29.3 Å². The summed E-state index contributed by atoms with van der Waals surface area (Å²) in [6, 6.07) is 3.65. The summed E-state index contributed by atoms with van der Waals surface area (Å²) in [6.07, 6.45) is 7.25. The number of carbonyl (C=O) groups is 1. The lowest BCUT2D eigenvalue weighted by Crippen LogP contribution is -2.46. The van der Waals surface area contributed by atoms with Crippen LogP contribution in [0.1, 0.15) is 58.7 Å². The molecule has 5 aromatic rings. The maximum Gasteiger partial charge on any atom is 0.294 e. The fourth-order valence-corrected chi connectivity index (χ4v) is 8.02. The number of carbonyl (C=O) groups excluding carboxylic acids is 1. The molecule has 0 aliphatic carbocycles. The Kier molecular flexibility index (Phi) is 6.13. The highest BCUT2D eigenvalue weighted by Crippen LogP contribution is 2.45. The second-order valence-corrected chi connectivity index (χ2v) is 14.0. The molecule has 216 valence electrons. The Labute approximate surface area is 245 Å². The third-order valence-electron chi connectivity index (χ3n) is 8.13. The lowest BCUT2D eigenvalue weighted by molar-refractivity contribution is 0.0556. The van der Waals surface area contributed by atoms with Crippen LogP contribution < -0.4 is 5.73 Å². The second kappa shape index (κ2) is 9.66. The minimum Gasteiger partial charge on any atom is -0.382 e. The van der Waals surface area contributed by atoms with Gasteiger partial charge in [-0.3, -0.25) is 14.9 Å². The van der Waals surface area contributed by atoms with Gasteiger partial charge in [0.1, 0.15) is 16.5 Å². The molecule has 0 saturated carbocycles. The molecule has 42 heavy (non-hydrogen) atoms. The first-order valence-corrected chi connectivity index (χ1v) is 16.3. The Morgan fingerprint density at radius 3 is 2.43 bits per heavy atom. The Morgan fingerprint density at radius 1 is 1.07 bits per heavy atom. The number of aromatic nitrogens is 8. The Balaban J connectivity index is 1.27. The van der Waals surface area contributed by atoms with E-state index in [2.05, 4.69) is 30.2 Å². The number of H-pyrrole nitrogens is 1. The molecule has 13 nitrogen and oxygen atoms in total. The lowest BCUT2D eigenvalue weighted by Gasteiger charge is -2.38. The summed E-state index contributed by atoms with van der Waals surface area (Å²) < 4.78 is 27.6. The number of pyridine rings is 1. The molecule has 2 unspecified atom stereocenters. The van der Waals surface area contributed by atoms with Gasteiger partial charge in [-0.2, -0.15) is 9.61 Å². The normalized spacial score (nSPS) is 20.5. The number of nitrogens with one attached hydrogen (secondary N) is 1. The highest BCUT2D eigenvalue weighted by atomic mass is 32.2. The number of piperidine rings is 1. The van der Waals surface area contributed by atoms with Crippen molar-refractivity contribution in [2.75, 3.05) is 12.0 Å². The van der Waals surface area contributed by atoms with E-state index in [0.717, 1.165) is 41.1 Å². The number of nitrogen functional groups attached to an aromatic ring is 1. The van der Waals surface area contributed by atoms with Crippen LogP contribution >= 0.6 is 11.3 Å². The monoisotopic (exact) mass is 604 g/mol. The zero-order valence-electron chi connectivity index (χ0n) is 23.1. The number of hydrogen-bond donors (Lipinski definition) is 2. The largest absolute Gasteiger partial charge is 0.382 e. The summed E-state index contributed by atoms with van der Waals surface area (Å²) >= 11 is 1.56. The van der Waals surface area contributed by atoms with Crippen molar-refractivity contribution in [3.05, 3.63) is 52.3 Å². The van der Waals surface area contributed by atoms with E-state index >= 15 is 0 Å². The summed E-state index contributed by atoms with van der Waals surface area (Å²) in [5.41, 5.74) is 10.4. The third-order valence-corrected chi connectivity index (χ3v) is 10.1. The van der Waals surface area contributed by atoms with Crippen molar-refractivity contribution in [3.63, 3.8) is 0 Å². The molecule has 7 heterocycles. The number of amides is 1. The van der Waals surface area contributed by atoms with Gasteiger partial charge in [-0.1, -0.05) is 6.07 Å². The molecular formula is C27H28N10O3S2. The molecule has 2 fully saturated rings. The van der Waals surface area contributed by atoms with Crippen LogP contribution in [0, 0.1) is 13.8 Å². The molecule has 2 aliphatic heterocycles. The van der Waals surface area contributed by atoms with E-state index in [4.69, 9.17) is 10.7 Å². The van der Waals surface area contributed by atoms with E-state index in [0.29, 0.717) is 35.6 Å². The Morgan fingerprint density at radius 2 is 1.83 bits per heavy atom. The molecular weight excluding hydrogens is 576 g/mol. The number of aryl methyl sites for hydroxylation is 2. The highest BCUT2D eigenvalue weighted by molar-refractivity contribution is 7.91. The predicted molar refractivity (Wildman–Crippen MR) is 156 cm³/mol. The van der Waals surface area contributed by atoms with Gasteiger partial charge in [0.05, 0.1) is 28.3 Å². The summed E-state index contributed by atoms with van der Waals surface area (Å²) in [6.45, 7) is 3.70. The number of aromatic amines is 1. The van der Waals surface area contributed by atoms with Gasteiger partial charge in [-0.05, 0) is 45.6 Å². The number of anilines is 1. The van der Waals surface area contributed by atoms with Crippen molar-refractivity contribution in [1.82, 2.24) is 44.6 Å². The second-order valence-electron chi connectivity index (χ2n) is 11.0. The van der Waals surface area contributed by atoms with Gasteiger partial charge in [0.25, 0.3) is 5.91 Å². The SMILES string of the molecule is Cc1nc(C(=O)N2C3CCC2CC(c2nc4c(-c5ccc(-c6csc(C)n6)nc5)cnn4c(N)c2S(C)(=O)=O)C3)n[nH]1. The van der Waals surface area contributed by atoms with Crippen LogP contribution in [0.3, 0.4) is 0 Å². The molecule has 0 spiro atoms. The van der Waals surface area contributed by atoms with Crippen molar-refractivity contribution >= 4 is 38.5 Å². The van der Waals surface area contributed by atoms with Gasteiger partial charge in [0.2, 0.25) is 5.82 Å². The average Bonchev–Trinajstić information content (AvgIpc) is 3.74. The van der Waals surface area contributed by atoms with Gasteiger partial charge in [-0.25, -0.2) is 23.4 Å². The van der Waals surface area contributed by atoms with Crippen molar-refractivity contribution in [1.29, 1.82) is 0 Å². The standard InChI is InChI=1S/C27H28N10O3S2/c1-13-31-25(35-34-13)27(38)36-17-5-6-18(36)9-16(8-17)22-23(42(3,39)40)24(28)37-26(33-22)19(11-30-37)15-4-7-20(29-10-15)21-12-41-14(2)32-21/h4,7,10-12,16-18H,5-6,8-9,28H2,1-3H3,(H,31,34,35). The minimum absolute atomic E-state index is 0.00852. The van der Waals surface area contributed by atoms with Gasteiger partial charge >= 0.3 is 0 Å². The molecule has 0 radical (unpaired) electrons. The Bertz CT molecular complexity index is 1950. The van der Waals surface area contributed by atoms with Crippen molar-refractivity contribution in [2.24, 2.45) is 0 Å². The summed E-state index contributed by atoms with van der Waals surface area (Å²) in [4.78, 5) is 33.4. The van der Waals surface area contributed by atoms with E-state index in [1.165, 1.54) is 4.52 Å². The summed E-state index contributed by atoms with van der Waals surface area (Å²) in [5, 5.41) is 14.1. The lowest BCUT2D eigenvalue weighted by atomic mass is 9.87. The highest BCUT2D eigenvalue weighted by Gasteiger charge is 2.46. The van der Waals surface area contributed by atoms with Crippen molar-refractivity contribution < 1.29 is 13.2 Å². The zero-order valence-corrected chi connectivity index (χ0v) is 24.8. The maximum atomic E-state index is 13.3. The number of sulfone groups is 1. The number of fused-ring (bicyclic) bond motifs is 3. The van der Waals surface area contributed by atoms with Gasteiger partial charge in [0.15, 0.2) is 15.5 Å². The van der Waals surface area contributed by atoms with Crippen LogP contribution in [0.4, 0.5) is 5.82 Å². The summed E-state index contributed by atoms with van der Waals surface area (Å²) in [7, 11) is -3.75. The van der Waals surface area contributed by atoms with Crippen LogP contribution in [0.25, 0.3) is 28.2 Å². The molecule has 3 N–H and O–H groups in total. The zero-order chi connectivity index (χ0) is 29.3. The Hall–Kier alpha value is -4.24. The van der Waals surface area contributed by atoms with Gasteiger partial charge in [0, 0.05) is 47.0 Å². The number of rotatable bonds is 5. The first-order chi connectivity index (χ1) is 20.1. The average molecular weight is 605 g/mol. The molecule has 2 atom stereocenters. The third kappa shape index (κ3) is 4.34. The number of thiazole rings is 1. The van der Waals surface area contributed by atoms with E-state index in [1.54, 1.807) is 30.7 Å². The first-order valence-electron chi connectivity index (χ1n) is 13.6. The maximum absolute atomic E-state index is 13.3. The fraction of sp³-hybridized carbons (Fsp3) is 0.370. The quantitative estimate of drug-likeness (QED) is 0.303. The van der Waals surface area contributed by atoms with Crippen LogP contribution in [0.15, 0.2) is 34.8 Å². The van der Waals surface area contributed by atoms with Crippen LogP contribution in [0.5, 0.6) is 0 Å². The smallest absolute Gasteiger partial charge is 0.294 e. The van der Waals surface area contributed by atoms with Gasteiger partial charge in [-0.15, -0.1) is 16.4 Å². The van der Waals surface area contributed by atoms with Gasteiger partial charge < -0.3 is 10.6 Å². The predicted octanol–water partition coefficient (Wildman–Crippen LogP) is 3.19. The van der Waals surface area contributed by atoms with E-state index in [9.17, 15) is 13.2 Å². The van der Waals surface area contributed by atoms with Crippen LogP contribution in [-0.4, -0.2) is 77.3 Å². The molecule has 2 bridgehead atoms. The van der Waals surface area contributed by atoms with Crippen LogP contribution in [-0.2, 0) is 9.84 Å². The molecule has 2 aliphatic rings. The summed E-state index contributed by atoms with van der Waals surface area (Å²) in [5.74, 6) is 0.322. The first kappa shape index (κ1) is 26.6. The minimum atomic E-state index is -3.75. The number of hydrogen-bond acceptors (Lipinski definition) is 11. The van der Waals surface area contributed by atoms with Crippen molar-refractivity contribution in [2.45, 2.75) is 62.4 Å². The molecule has 0 aromatic carbocycles. The van der Waals surface area contributed by atoms with Crippen molar-refractivity contribution in [3.8, 4) is 22.5 Å². The van der Waals surface area contributed by atoms with Crippen LogP contribution in [0.2, 0.25) is 0 Å². The number of nitrogens with zero attached hydrogens (tertiary/aromatic N) is 8. The van der Waals surface area contributed by atoms with E-state index < -0.39 is 9.84 Å². The molecule has 15 heteroatoms. The number of nitrogens with two attached hydrogens (primary N) is 1. The molecule has 2 saturated heterocycles. The molecule has 7 rings (SSSR count). The van der Waals surface area contributed by atoms with E-state index in [-0.39, 0.29) is 40.4 Å². The molecule has 5 aromatic heterocycles. The topological polar surface area (TPSA) is 178 Å².